The number of benzene rings is 1. The summed E-state index contributed by atoms with van der Waals surface area (Å²) in [5.74, 6) is -6.22. The second-order valence-corrected chi connectivity index (χ2v) is 7.68. The molecule has 0 nitrogen and oxygen atoms in total. The summed E-state index contributed by atoms with van der Waals surface area (Å²) in [6, 6.07) is 5.60. The molecule has 0 N–H and O–H groups in total. The summed E-state index contributed by atoms with van der Waals surface area (Å²) in [4.78, 5) is 0. The lowest BCUT2D eigenvalue weighted by atomic mass is 9.87. The van der Waals surface area contributed by atoms with Crippen molar-refractivity contribution >= 4 is 23.4 Å². The molecule has 143 valence electrons. The predicted octanol–water partition coefficient (Wildman–Crippen LogP) is 7.17. The molecule has 0 aliphatic heterocycles. The highest BCUT2D eigenvalue weighted by Crippen LogP contribution is 2.60. The number of rotatable bonds is 4. The SMILES string of the molecule is CC1=CC(SC(F)(F)C(F)(F)C(F)(F)F)(c2ccccc2Cl)C=C(C)[CH]1. The molecule has 2 rings (SSSR count). The summed E-state index contributed by atoms with van der Waals surface area (Å²) in [6.45, 7) is 3.06. The van der Waals surface area contributed by atoms with E-state index in [4.69, 9.17) is 11.6 Å². The van der Waals surface area contributed by atoms with Crippen LogP contribution in [0.3, 0.4) is 0 Å². The van der Waals surface area contributed by atoms with Gasteiger partial charge in [-0.1, -0.05) is 64.9 Å². The van der Waals surface area contributed by atoms with Gasteiger partial charge in [0.05, 0.1) is 4.75 Å². The standard InChI is InChI=1S/C17H13ClF7S/c1-10-7-11(2)9-14(8-10,12-5-3-4-6-13(12)18)26-17(24,25)15(19,20)16(21,22)23/h3-9H,1-2H3. The molecule has 0 heterocycles. The molecule has 0 saturated carbocycles. The predicted molar refractivity (Wildman–Crippen MR) is 88.5 cm³/mol. The summed E-state index contributed by atoms with van der Waals surface area (Å²) < 4.78 is 90.9. The maximum absolute atomic E-state index is 14.2. The van der Waals surface area contributed by atoms with Crippen LogP contribution in [0.2, 0.25) is 5.02 Å². The Kier molecular flexibility index (Phi) is 5.52. The van der Waals surface area contributed by atoms with Crippen LogP contribution in [0.1, 0.15) is 19.4 Å². The van der Waals surface area contributed by atoms with Gasteiger partial charge in [0.25, 0.3) is 0 Å². The Labute approximate surface area is 155 Å². The molecule has 0 unspecified atom stereocenters. The Morgan fingerprint density at radius 1 is 0.885 bits per heavy atom. The third-order valence-corrected chi connectivity index (χ3v) is 5.29. The van der Waals surface area contributed by atoms with Crippen LogP contribution < -0.4 is 0 Å². The number of alkyl halides is 7. The van der Waals surface area contributed by atoms with E-state index in [0.717, 1.165) is 0 Å². The minimum atomic E-state index is -6.40. The Hall–Kier alpha value is -1.15. The zero-order valence-electron chi connectivity index (χ0n) is 13.5. The van der Waals surface area contributed by atoms with Gasteiger partial charge in [0, 0.05) is 11.4 Å². The van der Waals surface area contributed by atoms with Crippen molar-refractivity contribution in [2.75, 3.05) is 0 Å². The molecule has 1 aromatic carbocycles. The third-order valence-electron chi connectivity index (χ3n) is 3.65. The fourth-order valence-corrected chi connectivity index (χ4v) is 4.44. The number of hydrogen-bond acceptors (Lipinski definition) is 1. The molecular formula is C17H13ClF7S. The van der Waals surface area contributed by atoms with Gasteiger partial charge in [0.15, 0.2) is 0 Å². The molecule has 26 heavy (non-hydrogen) atoms. The quantitative estimate of drug-likeness (QED) is 0.468. The molecule has 0 fully saturated rings. The number of allylic oxidation sites excluding steroid dienone is 2. The van der Waals surface area contributed by atoms with Crippen molar-refractivity contribution in [2.45, 2.75) is 35.9 Å². The minimum absolute atomic E-state index is 0.00360. The van der Waals surface area contributed by atoms with Crippen LogP contribution in [-0.2, 0) is 4.75 Å². The topological polar surface area (TPSA) is 0 Å². The Morgan fingerprint density at radius 2 is 1.38 bits per heavy atom. The molecule has 1 aliphatic rings. The van der Waals surface area contributed by atoms with E-state index in [1.165, 1.54) is 50.3 Å². The van der Waals surface area contributed by atoms with E-state index >= 15 is 0 Å². The van der Waals surface area contributed by atoms with Gasteiger partial charge < -0.3 is 0 Å². The van der Waals surface area contributed by atoms with Gasteiger partial charge >= 0.3 is 17.4 Å². The van der Waals surface area contributed by atoms with Crippen LogP contribution in [0.5, 0.6) is 0 Å². The van der Waals surface area contributed by atoms with E-state index in [9.17, 15) is 30.7 Å². The van der Waals surface area contributed by atoms with Crippen LogP contribution in [0.15, 0.2) is 47.6 Å². The van der Waals surface area contributed by atoms with Gasteiger partial charge in [-0.25, -0.2) is 0 Å². The van der Waals surface area contributed by atoms with Gasteiger partial charge in [-0.2, -0.15) is 30.7 Å². The lowest BCUT2D eigenvalue weighted by Crippen LogP contribution is -2.51. The van der Waals surface area contributed by atoms with E-state index in [-0.39, 0.29) is 10.6 Å². The van der Waals surface area contributed by atoms with Gasteiger partial charge in [0.2, 0.25) is 0 Å². The molecule has 0 atom stereocenters. The molecular weight excluding hydrogens is 405 g/mol. The van der Waals surface area contributed by atoms with Crippen LogP contribution in [0.4, 0.5) is 30.7 Å². The molecule has 0 aromatic heterocycles. The first-order valence-corrected chi connectivity index (χ1v) is 8.42. The highest BCUT2D eigenvalue weighted by Gasteiger charge is 2.74. The van der Waals surface area contributed by atoms with Crippen molar-refractivity contribution in [2.24, 2.45) is 0 Å². The molecule has 0 amide bonds. The number of thioether (sulfide) groups is 1. The third kappa shape index (κ3) is 3.76. The summed E-state index contributed by atoms with van der Waals surface area (Å²) in [5, 5.41) is -5.46. The molecule has 1 radical (unpaired) electrons. The van der Waals surface area contributed by atoms with E-state index in [1.54, 1.807) is 6.42 Å². The first kappa shape index (κ1) is 21.2. The van der Waals surface area contributed by atoms with E-state index in [0.29, 0.717) is 11.1 Å². The summed E-state index contributed by atoms with van der Waals surface area (Å²) >= 11 is 5.26. The summed E-state index contributed by atoms with van der Waals surface area (Å²) in [5.41, 5.74) is 0.864. The van der Waals surface area contributed by atoms with Crippen molar-refractivity contribution < 1.29 is 30.7 Å². The first-order valence-electron chi connectivity index (χ1n) is 7.23. The lowest BCUT2D eigenvalue weighted by molar-refractivity contribution is -0.330. The van der Waals surface area contributed by atoms with E-state index in [2.05, 4.69) is 0 Å². The maximum Gasteiger partial charge on any atom is 0.460 e. The Morgan fingerprint density at radius 3 is 1.85 bits per heavy atom. The monoisotopic (exact) mass is 417 g/mol. The highest BCUT2D eigenvalue weighted by molar-refractivity contribution is 8.01. The normalized spacial score (nSPS) is 18.4. The zero-order chi connectivity index (χ0) is 20.0. The smallest absolute Gasteiger partial charge is 0.188 e. The van der Waals surface area contributed by atoms with Gasteiger partial charge in [-0.3, -0.25) is 0 Å². The minimum Gasteiger partial charge on any atom is -0.188 e. The summed E-state index contributed by atoms with van der Waals surface area (Å²) in [7, 11) is 0. The average Bonchev–Trinajstić information content (AvgIpc) is 2.44. The molecule has 0 saturated heterocycles. The fourth-order valence-electron chi connectivity index (χ4n) is 2.65. The Bertz CT molecular complexity index is 732. The summed E-state index contributed by atoms with van der Waals surface area (Å²) in [6.07, 6.45) is -2.41. The van der Waals surface area contributed by atoms with Gasteiger partial charge in [0.1, 0.15) is 0 Å². The maximum atomic E-state index is 14.2. The Balaban J connectivity index is 2.65. The van der Waals surface area contributed by atoms with Crippen LogP contribution >= 0.6 is 23.4 Å². The molecule has 1 aliphatic carbocycles. The van der Waals surface area contributed by atoms with Crippen molar-refractivity contribution in [3.05, 3.63) is 64.6 Å². The van der Waals surface area contributed by atoms with Gasteiger partial charge in [-0.15, -0.1) is 0 Å². The molecule has 0 spiro atoms. The van der Waals surface area contributed by atoms with Crippen molar-refractivity contribution in [1.82, 2.24) is 0 Å². The van der Waals surface area contributed by atoms with Crippen LogP contribution in [-0.4, -0.2) is 17.4 Å². The largest absolute Gasteiger partial charge is 0.460 e. The zero-order valence-corrected chi connectivity index (χ0v) is 15.0. The highest BCUT2D eigenvalue weighted by atomic mass is 35.5. The van der Waals surface area contributed by atoms with E-state index in [1.807, 2.05) is 0 Å². The van der Waals surface area contributed by atoms with E-state index < -0.39 is 33.9 Å². The van der Waals surface area contributed by atoms with Crippen LogP contribution in [0, 0.1) is 6.42 Å². The van der Waals surface area contributed by atoms with Crippen molar-refractivity contribution in [1.29, 1.82) is 0 Å². The van der Waals surface area contributed by atoms with Crippen molar-refractivity contribution in [3.8, 4) is 0 Å². The molecule has 9 heteroatoms. The number of halogens is 8. The molecule has 1 aromatic rings. The van der Waals surface area contributed by atoms with Crippen LogP contribution in [0.25, 0.3) is 0 Å². The fraction of sp³-hybridized carbons (Fsp3) is 0.353. The second-order valence-electron chi connectivity index (χ2n) is 5.88. The number of hydrogen-bond donors (Lipinski definition) is 0. The molecule has 0 bridgehead atoms. The second kappa shape index (κ2) is 6.78. The van der Waals surface area contributed by atoms with Gasteiger partial charge in [-0.05, 0) is 25.5 Å². The average molecular weight is 418 g/mol. The first-order chi connectivity index (χ1) is 11.7. The van der Waals surface area contributed by atoms with Crippen molar-refractivity contribution in [3.63, 3.8) is 0 Å². The lowest BCUT2D eigenvalue weighted by Gasteiger charge is -2.38.